The fourth-order valence-corrected chi connectivity index (χ4v) is 2.75. The molecule has 0 saturated carbocycles. The maximum Gasteiger partial charge on any atom is 0.266 e. The van der Waals surface area contributed by atoms with Gasteiger partial charge in [-0.1, -0.05) is 17.0 Å². The molecule has 110 valence electrons. The van der Waals surface area contributed by atoms with E-state index in [-0.39, 0.29) is 23.1 Å². The number of ether oxygens (including phenoxy) is 1. The van der Waals surface area contributed by atoms with Crippen molar-refractivity contribution in [3.63, 3.8) is 0 Å². The van der Waals surface area contributed by atoms with Gasteiger partial charge in [0.25, 0.3) is 10.0 Å². The van der Waals surface area contributed by atoms with E-state index < -0.39 is 10.0 Å². The van der Waals surface area contributed by atoms with Crippen molar-refractivity contribution in [2.24, 2.45) is 0 Å². The van der Waals surface area contributed by atoms with E-state index in [2.05, 4.69) is 26.2 Å². The number of hydrogen-bond donors (Lipinski definition) is 2. The molecule has 0 radical (unpaired) electrons. The standard InChI is InChI=1S/C13H12N2O5S/c1-19-11-5-4-10(3-2-7-16)9-12(11)21(17,18)15-13-6-8-20-14-13/h4-6,8-9,16H,7H2,1H3,(H,14,15). The maximum atomic E-state index is 12.3. The van der Waals surface area contributed by atoms with Crippen LogP contribution in [-0.2, 0) is 10.0 Å². The zero-order chi connectivity index (χ0) is 15.3. The zero-order valence-corrected chi connectivity index (χ0v) is 11.8. The van der Waals surface area contributed by atoms with Crippen LogP contribution in [0.15, 0.2) is 39.9 Å². The Labute approximate surface area is 121 Å². The molecule has 21 heavy (non-hydrogen) atoms. The summed E-state index contributed by atoms with van der Waals surface area (Å²) in [5, 5.41) is 12.2. The molecule has 0 fully saturated rings. The minimum Gasteiger partial charge on any atom is -0.495 e. The quantitative estimate of drug-likeness (QED) is 0.811. The number of aliphatic hydroxyl groups excluding tert-OH is 1. The van der Waals surface area contributed by atoms with E-state index in [1.807, 2.05) is 0 Å². The SMILES string of the molecule is COc1ccc(C#CCO)cc1S(=O)(=O)Nc1ccon1. The average Bonchev–Trinajstić information content (AvgIpc) is 2.97. The molecule has 0 saturated heterocycles. The molecule has 1 aromatic carbocycles. The summed E-state index contributed by atoms with van der Waals surface area (Å²) < 4.78 is 36.6. The highest BCUT2D eigenvalue weighted by Crippen LogP contribution is 2.26. The molecule has 0 aliphatic carbocycles. The first-order valence-electron chi connectivity index (χ1n) is 5.78. The Balaban J connectivity index is 2.44. The lowest BCUT2D eigenvalue weighted by Gasteiger charge is -2.10. The monoisotopic (exact) mass is 308 g/mol. The number of aromatic nitrogens is 1. The maximum absolute atomic E-state index is 12.3. The number of aliphatic hydroxyl groups is 1. The van der Waals surface area contributed by atoms with Crippen LogP contribution in [0.25, 0.3) is 0 Å². The van der Waals surface area contributed by atoms with Crippen molar-refractivity contribution in [3.05, 3.63) is 36.1 Å². The summed E-state index contributed by atoms with van der Waals surface area (Å²) >= 11 is 0. The Bertz CT molecular complexity index is 773. The number of rotatable bonds is 4. The lowest BCUT2D eigenvalue weighted by Crippen LogP contribution is -2.14. The van der Waals surface area contributed by atoms with Gasteiger partial charge in [0.15, 0.2) is 5.82 Å². The van der Waals surface area contributed by atoms with Gasteiger partial charge in [-0.05, 0) is 18.2 Å². The van der Waals surface area contributed by atoms with Crippen LogP contribution in [0.1, 0.15) is 5.56 Å². The minimum atomic E-state index is -3.90. The Morgan fingerprint density at radius 1 is 1.43 bits per heavy atom. The highest BCUT2D eigenvalue weighted by atomic mass is 32.2. The van der Waals surface area contributed by atoms with Crippen molar-refractivity contribution in [2.75, 3.05) is 18.4 Å². The summed E-state index contributed by atoms with van der Waals surface area (Å²) in [6, 6.07) is 5.80. The number of nitrogens with one attached hydrogen (secondary N) is 1. The molecule has 1 aromatic heterocycles. The van der Waals surface area contributed by atoms with Crippen LogP contribution in [0, 0.1) is 11.8 Å². The van der Waals surface area contributed by atoms with Crippen molar-refractivity contribution in [1.29, 1.82) is 0 Å². The lowest BCUT2D eigenvalue weighted by molar-refractivity contribution is 0.350. The van der Waals surface area contributed by atoms with E-state index in [1.165, 1.54) is 31.6 Å². The number of methoxy groups -OCH3 is 1. The zero-order valence-electron chi connectivity index (χ0n) is 11.0. The summed E-state index contributed by atoms with van der Waals surface area (Å²) in [5.74, 6) is 5.31. The predicted octanol–water partition coefficient (Wildman–Crippen LogP) is 0.828. The smallest absolute Gasteiger partial charge is 0.266 e. The fourth-order valence-electron chi connectivity index (χ4n) is 1.56. The Morgan fingerprint density at radius 2 is 2.24 bits per heavy atom. The average molecular weight is 308 g/mol. The summed E-state index contributed by atoms with van der Waals surface area (Å²) in [5.41, 5.74) is 0.436. The third-order valence-corrected chi connectivity index (χ3v) is 3.82. The van der Waals surface area contributed by atoms with Crippen LogP contribution < -0.4 is 9.46 Å². The number of sulfonamides is 1. The molecular weight excluding hydrogens is 296 g/mol. The second-order valence-corrected chi connectivity index (χ2v) is 5.47. The lowest BCUT2D eigenvalue weighted by atomic mass is 10.2. The predicted molar refractivity (Wildman–Crippen MR) is 74.3 cm³/mol. The largest absolute Gasteiger partial charge is 0.495 e. The van der Waals surface area contributed by atoms with Crippen LogP contribution in [-0.4, -0.2) is 32.4 Å². The van der Waals surface area contributed by atoms with Gasteiger partial charge < -0.3 is 14.4 Å². The molecule has 0 aliphatic heterocycles. The van der Waals surface area contributed by atoms with Gasteiger partial charge in [-0.3, -0.25) is 4.72 Å². The van der Waals surface area contributed by atoms with Crippen molar-refractivity contribution in [3.8, 4) is 17.6 Å². The molecule has 0 spiro atoms. The molecular formula is C13H12N2O5S. The third kappa shape index (κ3) is 3.53. The van der Waals surface area contributed by atoms with Gasteiger partial charge in [0.2, 0.25) is 0 Å². The van der Waals surface area contributed by atoms with Gasteiger partial charge >= 0.3 is 0 Å². The van der Waals surface area contributed by atoms with Crippen LogP contribution in [0.2, 0.25) is 0 Å². The number of anilines is 1. The van der Waals surface area contributed by atoms with Crippen molar-refractivity contribution < 1.29 is 22.8 Å². The molecule has 0 atom stereocenters. The molecule has 0 aliphatic rings. The Morgan fingerprint density at radius 3 is 2.86 bits per heavy atom. The van der Waals surface area contributed by atoms with E-state index in [1.54, 1.807) is 6.07 Å². The number of nitrogens with zero attached hydrogens (tertiary/aromatic N) is 1. The topological polar surface area (TPSA) is 102 Å². The summed E-state index contributed by atoms with van der Waals surface area (Å²) in [7, 11) is -2.54. The fraction of sp³-hybridized carbons (Fsp3) is 0.154. The molecule has 1 heterocycles. The second kappa shape index (κ2) is 6.30. The van der Waals surface area contributed by atoms with Crippen LogP contribution in [0.5, 0.6) is 5.75 Å². The summed E-state index contributed by atoms with van der Waals surface area (Å²) in [4.78, 5) is -0.0854. The first-order chi connectivity index (χ1) is 10.1. The first kappa shape index (κ1) is 14.9. The van der Waals surface area contributed by atoms with E-state index >= 15 is 0 Å². The number of benzene rings is 1. The van der Waals surface area contributed by atoms with E-state index in [0.29, 0.717) is 5.56 Å². The second-order valence-electron chi connectivity index (χ2n) is 3.82. The minimum absolute atomic E-state index is 0.0592. The van der Waals surface area contributed by atoms with Gasteiger partial charge in [-0.25, -0.2) is 8.42 Å². The summed E-state index contributed by atoms with van der Waals surface area (Å²) in [6.07, 6.45) is 1.25. The van der Waals surface area contributed by atoms with Gasteiger partial charge in [0.1, 0.15) is 23.5 Å². The summed E-state index contributed by atoms with van der Waals surface area (Å²) in [6.45, 7) is -0.314. The van der Waals surface area contributed by atoms with E-state index in [9.17, 15) is 8.42 Å². The van der Waals surface area contributed by atoms with Crippen molar-refractivity contribution in [2.45, 2.75) is 4.90 Å². The van der Waals surface area contributed by atoms with E-state index in [4.69, 9.17) is 9.84 Å². The highest BCUT2D eigenvalue weighted by Gasteiger charge is 2.21. The molecule has 2 aromatic rings. The first-order valence-corrected chi connectivity index (χ1v) is 7.26. The van der Waals surface area contributed by atoms with Crippen LogP contribution in [0.4, 0.5) is 5.82 Å². The molecule has 0 amide bonds. The van der Waals surface area contributed by atoms with Gasteiger partial charge in [0, 0.05) is 11.6 Å². The molecule has 2 N–H and O–H groups in total. The molecule has 2 rings (SSSR count). The normalized spacial score (nSPS) is 10.6. The van der Waals surface area contributed by atoms with Gasteiger partial charge in [0.05, 0.1) is 7.11 Å². The van der Waals surface area contributed by atoms with Gasteiger partial charge in [-0.15, -0.1) is 0 Å². The molecule has 7 nitrogen and oxygen atoms in total. The Hall–Kier alpha value is -2.50. The van der Waals surface area contributed by atoms with Gasteiger partial charge in [-0.2, -0.15) is 0 Å². The van der Waals surface area contributed by atoms with Crippen molar-refractivity contribution >= 4 is 15.8 Å². The van der Waals surface area contributed by atoms with Crippen LogP contribution in [0.3, 0.4) is 0 Å². The van der Waals surface area contributed by atoms with E-state index in [0.717, 1.165) is 0 Å². The van der Waals surface area contributed by atoms with Crippen molar-refractivity contribution in [1.82, 2.24) is 5.16 Å². The highest BCUT2D eigenvalue weighted by molar-refractivity contribution is 7.92. The van der Waals surface area contributed by atoms with Crippen LogP contribution >= 0.6 is 0 Å². The third-order valence-electron chi connectivity index (χ3n) is 2.44. The molecule has 0 unspecified atom stereocenters. The molecule has 0 bridgehead atoms. The Kier molecular flexibility index (Phi) is 4.47. The molecule has 8 heteroatoms. The number of hydrogen-bond acceptors (Lipinski definition) is 6.